The van der Waals surface area contributed by atoms with Gasteiger partial charge in [0.15, 0.2) is 0 Å². The van der Waals surface area contributed by atoms with Gasteiger partial charge in [0.05, 0.1) is 32.0 Å². The first-order valence-electron chi connectivity index (χ1n) is 13.2. The molecule has 0 aliphatic carbocycles. The van der Waals surface area contributed by atoms with Crippen molar-refractivity contribution in [2.45, 2.75) is 13.5 Å². The van der Waals surface area contributed by atoms with Crippen LogP contribution in [0.5, 0.6) is 0 Å². The number of carbonyl (C=O) groups excluding carboxylic acids is 1. The van der Waals surface area contributed by atoms with E-state index in [1.54, 1.807) is 21.7 Å². The van der Waals surface area contributed by atoms with E-state index in [2.05, 4.69) is 34.3 Å². The number of aryl methyl sites for hydroxylation is 1. The van der Waals surface area contributed by atoms with Crippen molar-refractivity contribution in [2.24, 2.45) is 0 Å². The van der Waals surface area contributed by atoms with E-state index >= 15 is 4.39 Å². The second kappa shape index (κ2) is 11.1. The van der Waals surface area contributed by atoms with Crippen molar-refractivity contribution in [3.8, 4) is 5.69 Å². The van der Waals surface area contributed by atoms with Gasteiger partial charge < -0.3 is 24.3 Å². The molecule has 1 N–H and O–H groups in total. The third kappa shape index (κ3) is 5.49. The molecule has 1 amide bonds. The summed E-state index contributed by atoms with van der Waals surface area (Å²) < 4.78 is 27.7. The molecule has 0 spiro atoms. The minimum absolute atomic E-state index is 0.0568. The second-order valence-electron chi connectivity index (χ2n) is 9.88. The molecule has 10 heteroatoms. The van der Waals surface area contributed by atoms with E-state index in [-0.39, 0.29) is 11.5 Å². The van der Waals surface area contributed by atoms with Gasteiger partial charge in [-0.25, -0.2) is 9.37 Å². The predicted octanol–water partition coefficient (Wildman–Crippen LogP) is 3.92. The molecule has 2 aliphatic rings. The number of halogens is 1. The van der Waals surface area contributed by atoms with Crippen molar-refractivity contribution in [1.82, 2.24) is 24.3 Å². The van der Waals surface area contributed by atoms with E-state index < -0.39 is 5.82 Å². The fraction of sp³-hybridized carbons (Fsp3) is 0.345. The van der Waals surface area contributed by atoms with E-state index in [1.807, 2.05) is 18.3 Å². The highest BCUT2D eigenvalue weighted by atomic mass is 19.1. The molecule has 2 saturated heterocycles. The molecule has 9 nitrogen and oxygen atoms in total. The average Bonchev–Trinajstić information content (AvgIpc) is 3.39. The van der Waals surface area contributed by atoms with Crippen LogP contribution >= 0.6 is 0 Å². The van der Waals surface area contributed by atoms with E-state index in [0.717, 1.165) is 43.9 Å². The van der Waals surface area contributed by atoms with Crippen LogP contribution in [0.2, 0.25) is 0 Å². The molecule has 0 atom stereocenters. The van der Waals surface area contributed by atoms with Gasteiger partial charge in [0.25, 0.3) is 5.91 Å². The number of fused-ring (bicyclic) bond motifs is 1. The summed E-state index contributed by atoms with van der Waals surface area (Å²) in [6.45, 7) is 8.23. The monoisotopic (exact) mass is 530 g/mol. The lowest BCUT2D eigenvalue weighted by molar-refractivity contribution is 0.0300. The number of ether oxygens (including phenoxy) is 2. The molecule has 4 aromatic rings. The Labute approximate surface area is 226 Å². The van der Waals surface area contributed by atoms with E-state index in [9.17, 15) is 4.79 Å². The molecule has 4 heterocycles. The minimum Gasteiger partial charge on any atom is -0.379 e. The van der Waals surface area contributed by atoms with Crippen LogP contribution in [0.4, 0.5) is 16.0 Å². The zero-order valence-electron chi connectivity index (χ0n) is 21.9. The molecule has 0 saturated carbocycles. The average molecular weight is 531 g/mol. The summed E-state index contributed by atoms with van der Waals surface area (Å²) in [6, 6.07) is 12.8. The first-order chi connectivity index (χ1) is 19.0. The molecule has 2 fully saturated rings. The Hall–Kier alpha value is -3.86. The highest BCUT2D eigenvalue weighted by molar-refractivity contribution is 5.95. The number of aromatic nitrogens is 3. The third-order valence-electron chi connectivity index (χ3n) is 7.29. The minimum atomic E-state index is -0.564. The summed E-state index contributed by atoms with van der Waals surface area (Å²) in [6.07, 6.45) is 3.57. The first kappa shape index (κ1) is 25.4. The van der Waals surface area contributed by atoms with Crippen LogP contribution in [-0.4, -0.2) is 82.8 Å². The highest BCUT2D eigenvalue weighted by Crippen LogP contribution is 2.24. The number of morpholine rings is 2. The summed E-state index contributed by atoms with van der Waals surface area (Å²) in [5, 5.41) is 4.15. The van der Waals surface area contributed by atoms with Crippen LogP contribution in [0.25, 0.3) is 16.7 Å². The van der Waals surface area contributed by atoms with Gasteiger partial charge in [-0.05, 0) is 54.4 Å². The van der Waals surface area contributed by atoms with Crippen molar-refractivity contribution >= 4 is 28.6 Å². The van der Waals surface area contributed by atoms with E-state index in [1.165, 1.54) is 23.3 Å². The van der Waals surface area contributed by atoms with Crippen molar-refractivity contribution in [2.75, 3.05) is 57.9 Å². The summed E-state index contributed by atoms with van der Waals surface area (Å²) in [4.78, 5) is 26.0. The molecule has 2 aliphatic heterocycles. The van der Waals surface area contributed by atoms with Crippen LogP contribution in [0.3, 0.4) is 0 Å². The fourth-order valence-electron chi connectivity index (χ4n) is 5.00. The Morgan fingerprint density at radius 1 is 1.00 bits per heavy atom. The van der Waals surface area contributed by atoms with Gasteiger partial charge in [0.2, 0.25) is 5.95 Å². The maximum Gasteiger partial charge on any atom is 0.256 e. The molecule has 39 heavy (non-hydrogen) atoms. The van der Waals surface area contributed by atoms with Crippen LogP contribution < -0.4 is 5.32 Å². The topological polar surface area (TPSA) is 84.8 Å². The van der Waals surface area contributed by atoms with Crippen LogP contribution in [-0.2, 0) is 16.0 Å². The predicted molar refractivity (Wildman–Crippen MR) is 146 cm³/mol. The van der Waals surface area contributed by atoms with Crippen LogP contribution in [0.15, 0.2) is 54.9 Å². The Morgan fingerprint density at radius 2 is 1.77 bits per heavy atom. The van der Waals surface area contributed by atoms with Gasteiger partial charge in [-0.3, -0.25) is 9.69 Å². The maximum absolute atomic E-state index is 15.1. The Bertz CT molecular complexity index is 1490. The summed E-state index contributed by atoms with van der Waals surface area (Å²) in [5.41, 5.74) is 4.65. The van der Waals surface area contributed by atoms with Crippen molar-refractivity contribution < 1.29 is 18.7 Å². The molecule has 2 aromatic heterocycles. The number of anilines is 2. The Kier molecular flexibility index (Phi) is 7.23. The number of rotatable bonds is 6. The fourth-order valence-corrected chi connectivity index (χ4v) is 5.00. The molecule has 2 aromatic carbocycles. The van der Waals surface area contributed by atoms with Gasteiger partial charge in [0, 0.05) is 61.9 Å². The van der Waals surface area contributed by atoms with E-state index in [4.69, 9.17) is 14.5 Å². The van der Waals surface area contributed by atoms with Gasteiger partial charge in [-0.15, -0.1) is 0 Å². The lowest BCUT2D eigenvalue weighted by atomic mass is 10.1. The van der Waals surface area contributed by atoms with Crippen LogP contribution in [0, 0.1) is 12.7 Å². The number of carbonyl (C=O) groups is 1. The van der Waals surface area contributed by atoms with Gasteiger partial charge in [-0.2, -0.15) is 4.98 Å². The molecule has 0 radical (unpaired) electrons. The number of nitrogens with one attached hydrogen (secondary N) is 1. The molecule has 0 unspecified atom stereocenters. The highest BCUT2D eigenvalue weighted by Gasteiger charge is 2.22. The Morgan fingerprint density at radius 3 is 2.54 bits per heavy atom. The summed E-state index contributed by atoms with van der Waals surface area (Å²) in [5.74, 6) is -0.437. The number of amides is 1. The second-order valence-corrected chi connectivity index (χ2v) is 9.88. The maximum atomic E-state index is 15.1. The van der Waals surface area contributed by atoms with Gasteiger partial charge in [-0.1, -0.05) is 6.07 Å². The SMILES string of the molecule is Cc1ccc(Nc2ncc3ccn(-c4ccc(C(=O)N5CCOCC5)c(F)c4)c3n2)cc1CN1CCOCC1. The Balaban J connectivity index is 1.23. The zero-order chi connectivity index (χ0) is 26.8. The molecule has 0 bridgehead atoms. The lowest BCUT2D eigenvalue weighted by Crippen LogP contribution is -2.41. The molecular weight excluding hydrogens is 499 g/mol. The normalized spacial score (nSPS) is 16.5. The first-order valence-corrected chi connectivity index (χ1v) is 13.2. The van der Waals surface area contributed by atoms with Gasteiger partial charge in [0.1, 0.15) is 11.5 Å². The standard InChI is InChI=1S/C29H31FN6O3/c1-20-2-3-23(16-22(20)19-34-8-12-38-13-9-34)32-29-31-18-21-6-7-36(27(21)33-29)24-4-5-25(26(30)17-24)28(37)35-10-14-39-15-11-35/h2-7,16-18H,8-15,19H2,1H3,(H,31,32,33). The number of benzene rings is 2. The van der Waals surface area contributed by atoms with Crippen LogP contribution in [0.1, 0.15) is 21.5 Å². The quantitative estimate of drug-likeness (QED) is 0.405. The smallest absolute Gasteiger partial charge is 0.256 e. The van der Waals surface area contributed by atoms with Gasteiger partial charge >= 0.3 is 0 Å². The number of nitrogens with zero attached hydrogens (tertiary/aromatic N) is 5. The summed E-state index contributed by atoms with van der Waals surface area (Å²) in [7, 11) is 0. The largest absolute Gasteiger partial charge is 0.379 e. The van der Waals surface area contributed by atoms with Crippen molar-refractivity contribution in [3.63, 3.8) is 0 Å². The number of hydrogen-bond acceptors (Lipinski definition) is 7. The molecular formula is C29H31FN6O3. The third-order valence-corrected chi connectivity index (χ3v) is 7.29. The summed E-state index contributed by atoms with van der Waals surface area (Å²) >= 11 is 0. The van der Waals surface area contributed by atoms with E-state index in [0.29, 0.717) is 43.6 Å². The lowest BCUT2D eigenvalue weighted by Gasteiger charge is -2.27. The van der Waals surface area contributed by atoms with Crippen molar-refractivity contribution in [1.29, 1.82) is 0 Å². The number of hydrogen-bond donors (Lipinski definition) is 1. The zero-order valence-corrected chi connectivity index (χ0v) is 21.9. The van der Waals surface area contributed by atoms with Crippen molar-refractivity contribution in [3.05, 3.63) is 77.4 Å². The molecule has 6 rings (SSSR count). The molecule has 202 valence electrons.